The normalized spacial score (nSPS) is 15.1. The summed E-state index contributed by atoms with van der Waals surface area (Å²) in [6.07, 6.45) is 3.49. The van der Waals surface area contributed by atoms with E-state index in [1.807, 2.05) is 0 Å². The van der Waals surface area contributed by atoms with Crippen LogP contribution >= 0.6 is 0 Å². The summed E-state index contributed by atoms with van der Waals surface area (Å²) in [6, 6.07) is 11.0. The number of rotatable bonds is 6. The van der Waals surface area contributed by atoms with Crippen molar-refractivity contribution in [1.29, 1.82) is 0 Å². The molecular formula is C30H27F3N4O2. The van der Waals surface area contributed by atoms with Crippen LogP contribution in [0.3, 0.4) is 0 Å². The standard InChI is InChI=1S/C30H27F3N4O2/c1-16-8-18(10-19(31)9-16)25-14-36-26-6-5-17(22-12-20(32)13-24(28(22)33)29(34)38)11-23(26)27(25)30(39)37(2)15-21-4-3-7-35-21/h5-6,8-14,21,35H,3-4,7,15H2,1-2H3,(H2,34,38)/t21-/m0/s1. The minimum absolute atomic E-state index is 0.149. The maximum Gasteiger partial charge on any atom is 0.255 e. The Kier molecular flexibility index (Phi) is 7.10. The Labute approximate surface area is 223 Å². The van der Waals surface area contributed by atoms with Gasteiger partial charge in [0.05, 0.1) is 16.6 Å². The van der Waals surface area contributed by atoms with Crippen molar-refractivity contribution in [3.63, 3.8) is 0 Å². The zero-order valence-electron chi connectivity index (χ0n) is 21.5. The molecule has 2 heterocycles. The zero-order valence-corrected chi connectivity index (χ0v) is 21.5. The number of nitrogens with two attached hydrogens (primary N) is 1. The van der Waals surface area contributed by atoms with Crippen molar-refractivity contribution < 1.29 is 22.8 Å². The Morgan fingerprint density at radius 3 is 2.49 bits per heavy atom. The molecule has 39 heavy (non-hydrogen) atoms. The minimum atomic E-state index is -1.10. The van der Waals surface area contributed by atoms with Gasteiger partial charge in [0.2, 0.25) is 0 Å². The summed E-state index contributed by atoms with van der Waals surface area (Å²) >= 11 is 0. The van der Waals surface area contributed by atoms with Crippen molar-refractivity contribution in [1.82, 2.24) is 15.2 Å². The summed E-state index contributed by atoms with van der Waals surface area (Å²) in [5.41, 5.74) is 6.98. The fourth-order valence-electron chi connectivity index (χ4n) is 5.20. The summed E-state index contributed by atoms with van der Waals surface area (Å²) in [7, 11) is 1.70. The van der Waals surface area contributed by atoms with Crippen LogP contribution in [0.4, 0.5) is 13.2 Å². The molecule has 1 fully saturated rings. The molecular weight excluding hydrogens is 505 g/mol. The maximum absolute atomic E-state index is 15.2. The first-order valence-electron chi connectivity index (χ1n) is 12.6. The molecule has 0 saturated carbocycles. The van der Waals surface area contributed by atoms with Crippen molar-refractivity contribution >= 4 is 22.7 Å². The minimum Gasteiger partial charge on any atom is -0.366 e. The number of nitrogens with zero attached hydrogens (tertiary/aromatic N) is 2. The van der Waals surface area contributed by atoms with Gasteiger partial charge in [-0.15, -0.1) is 0 Å². The molecule has 1 atom stereocenters. The molecule has 1 aliphatic rings. The van der Waals surface area contributed by atoms with Crippen LogP contribution in [-0.4, -0.2) is 47.9 Å². The third-order valence-electron chi connectivity index (χ3n) is 7.05. The van der Waals surface area contributed by atoms with Gasteiger partial charge in [-0.25, -0.2) is 13.2 Å². The topological polar surface area (TPSA) is 88.3 Å². The number of amides is 2. The number of hydrogen-bond donors (Lipinski definition) is 2. The highest BCUT2D eigenvalue weighted by Crippen LogP contribution is 2.35. The average molecular weight is 533 g/mol. The number of benzene rings is 3. The number of nitrogens with one attached hydrogen (secondary N) is 1. The van der Waals surface area contributed by atoms with Crippen molar-refractivity contribution in [2.75, 3.05) is 20.1 Å². The number of fused-ring (bicyclic) bond motifs is 1. The van der Waals surface area contributed by atoms with E-state index in [4.69, 9.17) is 5.73 Å². The second kappa shape index (κ2) is 10.5. The van der Waals surface area contributed by atoms with Crippen molar-refractivity contribution in [3.05, 3.63) is 88.9 Å². The molecule has 3 aromatic carbocycles. The number of aryl methyl sites for hydroxylation is 1. The van der Waals surface area contributed by atoms with E-state index in [0.717, 1.165) is 31.5 Å². The molecule has 4 aromatic rings. The van der Waals surface area contributed by atoms with Crippen molar-refractivity contribution in [3.8, 4) is 22.3 Å². The number of aromatic nitrogens is 1. The first-order chi connectivity index (χ1) is 18.6. The van der Waals surface area contributed by atoms with E-state index in [0.29, 0.717) is 34.1 Å². The van der Waals surface area contributed by atoms with Crippen LogP contribution in [0.2, 0.25) is 0 Å². The summed E-state index contributed by atoms with van der Waals surface area (Å²) < 4.78 is 44.0. The highest BCUT2D eigenvalue weighted by molar-refractivity contribution is 6.12. The quantitative estimate of drug-likeness (QED) is 0.357. The predicted molar refractivity (Wildman–Crippen MR) is 144 cm³/mol. The third-order valence-corrected chi connectivity index (χ3v) is 7.05. The lowest BCUT2D eigenvalue weighted by Gasteiger charge is -2.24. The van der Waals surface area contributed by atoms with Crippen molar-refractivity contribution in [2.45, 2.75) is 25.8 Å². The van der Waals surface area contributed by atoms with E-state index in [9.17, 15) is 18.4 Å². The molecule has 1 aliphatic heterocycles. The fourth-order valence-corrected chi connectivity index (χ4v) is 5.20. The highest BCUT2D eigenvalue weighted by Gasteiger charge is 2.25. The summed E-state index contributed by atoms with van der Waals surface area (Å²) in [4.78, 5) is 31.8. The zero-order chi connectivity index (χ0) is 27.8. The lowest BCUT2D eigenvalue weighted by atomic mass is 9.93. The fraction of sp³-hybridized carbons (Fsp3) is 0.233. The van der Waals surface area contributed by atoms with Gasteiger partial charge in [-0.3, -0.25) is 14.6 Å². The molecule has 3 N–H and O–H groups in total. The summed E-state index contributed by atoms with van der Waals surface area (Å²) in [5, 5.41) is 3.76. The van der Waals surface area contributed by atoms with E-state index >= 15 is 4.39 Å². The molecule has 5 rings (SSSR count). The molecule has 0 bridgehead atoms. The van der Waals surface area contributed by atoms with Crippen LogP contribution in [0.1, 0.15) is 39.1 Å². The number of likely N-dealkylation sites (N-methyl/N-ethyl adjacent to an activating group) is 1. The van der Waals surface area contributed by atoms with E-state index < -0.39 is 28.9 Å². The number of pyridine rings is 1. The van der Waals surface area contributed by atoms with Crippen LogP contribution in [-0.2, 0) is 0 Å². The van der Waals surface area contributed by atoms with Crippen LogP contribution in [0.5, 0.6) is 0 Å². The summed E-state index contributed by atoms with van der Waals surface area (Å²) in [5.74, 6) is -3.67. The van der Waals surface area contributed by atoms with Crippen LogP contribution < -0.4 is 11.1 Å². The molecule has 2 amide bonds. The number of carbonyl (C=O) groups is 2. The Balaban J connectivity index is 1.73. The van der Waals surface area contributed by atoms with E-state index in [2.05, 4.69) is 10.3 Å². The molecule has 0 aliphatic carbocycles. The molecule has 1 aromatic heterocycles. The van der Waals surface area contributed by atoms with Crippen molar-refractivity contribution in [2.24, 2.45) is 5.73 Å². The first-order valence-corrected chi connectivity index (χ1v) is 12.6. The largest absolute Gasteiger partial charge is 0.366 e. The van der Waals surface area contributed by atoms with Gasteiger partial charge in [0.25, 0.3) is 11.8 Å². The maximum atomic E-state index is 15.2. The van der Waals surface area contributed by atoms with Gasteiger partial charge < -0.3 is 16.0 Å². The van der Waals surface area contributed by atoms with Gasteiger partial charge in [-0.05, 0) is 79.4 Å². The molecule has 200 valence electrons. The SMILES string of the molecule is Cc1cc(F)cc(-c2cnc3ccc(-c4cc(F)cc(C(N)=O)c4F)cc3c2C(=O)N(C)C[C@@H]2CCCN2)c1. The van der Waals surface area contributed by atoms with Crippen LogP contribution in [0.15, 0.2) is 54.7 Å². The molecule has 0 spiro atoms. The molecule has 9 heteroatoms. The number of hydrogen-bond acceptors (Lipinski definition) is 4. The Morgan fingerprint density at radius 1 is 1.03 bits per heavy atom. The molecule has 0 unspecified atom stereocenters. The highest BCUT2D eigenvalue weighted by atomic mass is 19.1. The van der Waals surface area contributed by atoms with Crippen LogP contribution in [0, 0.1) is 24.4 Å². The third kappa shape index (κ3) is 5.22. The summed E-state index contributed by atoms with van der Waals surface area (Å²) in [6.45, 7) is 3.10. The van der Waals surface area contributed by atoms with Gasteiger partial charge in [0, 0.05) is 42.3 Å². The number of carbonyl (C=O) groups excluding carboxylic acids is 2. The second-order valence-corrected chi connectivity index (χ2v) is 9.95. The predicted octanol–water partition coefficient (Wildman–Crippen LogP) is 5.22. The van der Waals surface area contributed by atoms with E-state index in [1.165, 1.54) is 30.5 Å². The Morgan fingerprint density at radius 2 is 1.79 bits per heavy atom. The van der Waals surface area contributed by atoms with E-state index in [-0.39, 0.29) is 28.6 Å². The lowest BCUT2D eigenvalue weighted by Crippen LogP contribution is -2.38. The van der Waals surface area contributed by atoms with Gasteiger partial charge in [-0.2, -0.15) is 0 Å². The van der Waals surface area contributed by atoms with Gasteiger partial charge in [-0.1, -0.05) is 12.1 Å². The smallest absolute Gasteiger partial charge is 0.255 e. The molecule has 6 nitrogen and oxygen atoms in total. The van der Waals surface area contributed by atoms with Crippen LogP contribution in [0.25, 0.3) is 33.2 Å². The number of halogens is 3. The average Bonchev–Trinajstić information content (AvgIpc) is 3.40. The van der Waals surface area contributed by atoms with E-state index in [1.54, 1.807) is 31.0 Å². The Hall–Kier alpha value is -4.24. The lowest BCUT2D eigenvalue weighted by molar-refractivity contribution is 0.0786. The number of primary amides is 1. The Bertz CT molecular complexity index is 1600. The van der Waals surface area contributed by atoms with Gasteiger partial charge >= 0.3 is 0 Å². The molecule has 1 saturated heterocycles. The van der Waals surface area contributed by atoms with Gasteiger partial charge in [0.15, 0.2) is 0 Å². The van der Waals surface area contributed by atoms with Gasteiger partial charge in [0.1, 0.15) is 17.5 Å². The first kappa shape index (κ1) is 26.4. The monoisotopic (exact) mass is 532 g/mol. The second-order valence-electron chi connectivity index (χ2n) is 9.95. The molecule has 0 radical (unpaired) electrons.